The van der Waals surface area contributed by atoms with Crippen LogP contribution in [0.5, 0.6) is 0 Å². The molecule has 1 aromatic carbocycles. The first-order chi connectivity index (χ1) is 7.80. The van der Waals surface area contributed by atoms with Crippen molar-refractivity contribution in [3.05, 3.63) is 42.1 Å². The van der Waals surface area contributed by atoms with E-state index in [1.807, 2.05) is 0 Å². The highest BCUT2D eigenvalue weighted by atomic mass is 19.1. The van der Waals surface area contributed by atoms with E-state index in [4.69, 9.17) is 0 Å². The molecule has 92 valence electrons. The number of allylic oxidation sites excluding steroid dienone is 1. The third-order valence-electron chi connectivity index (χ3n) is 2.14. The highest BCUT2D eigenvalue weighted by Crippen LogP contribution is 2.17. The molecule has 0 bridgehead atoms. The Labute approximate surface area is 99.3 Å². The average molecular weight is 239 g/mol. The first-order valence-electron chi connectivity index (χ1n) is 5.23. The van der Waals surface area contributed by atoms with Crippen molar-refractivity contribution < 1.29 is 13.6 Å². The molecule has 1 rings (SSSR count). The fourth-order valence-electron chi connectivity index (χ4n) is 1.06. The molecule has 0 amide bonds. The summed E-state index contributed by atoms with van der Waals surface area (Å²) in [6.07, 6.45) is 2.69. The molecule has 4 heteroatoms. The molecule has 2 nitrogen and oxygen atoms in total. The van der Waals surface area contributed by atoms with Crippen molar-refractivity contribution in [3.63, 3.8) is 0 Å². The van der Waals surface area contributed by atoms with Crippen LogP contribution in [0.4, 0.5) is 14.5 Å². The van der Waals surface area contributed by atoms with Crippen molar-refractivity contribution in [2.45, 2.75) is 20.8 Å². The molecule has 1 N–H and O–H groups in total. The van der Waals surface area contributed by atoms with Gasteiger partial charge in [0.25, 0.3) is 0 Å². The van der Waals surface area contributed by atoms with Gasteiger partial charge >= 0.3 is 0 Å². The lowest BCUT2D eigenvalue weighted by atomic mass is 9.91. The number of benzene rings is 1. The van der Waals surface area contributed by atoms with Crippen molar-refractivity contribution in [2.75, 3.05) is 5.32 Å². The summed E-state index contributed by atoms with van der Waals surface area (Å²) in [5.41, 5.74) is -0.344. The van der Waals surface area contributed by atoms with Gasteiger partial charge in [0.2, 0.25) is 0 Å². The van der Waals surface area contributed by atoms with E-state index in [-0.39, 0.29) is 11.5 Å². The Kier molecular flexibility index (Phi) is 3.99. The van der Waals surface area contributed by atoms with Crippen LogP contribution >= 0.6 is 0 Å². The monoisotopic (exact) mass is 239 g/mol. The smallest absolute Gasteiger partial charge is 0.162 e. The molecule has 0 aliphatic rings. The topological polar surface area (TPSA) is 29.1 Å². The highest BCUT2D eigenvalue weighted by molar-refractivity contribution is 5.94. The van der Waals surface area contributed by atoms with E-state index in [9.17, 15) is 13.6 Å². The molecule has 0 fully saturated rings. The van der Waals surface area contributed by atoms with Crippen molar-refractivity contribution in [1.29, 1.82) is 0 Å². The first kappa shape index (κ1) is 13.4. The third-order valence-corrected chi connectivity index (χ3v) is 2.14. The fraction of sp³-hybridized carbons (Fsp3) is 0.308. The fourth-order valence-corrected chi connectivity index (χ4v) is 1.06. The summed E-state index contributed by atoms with van der Waals surface area (Å²) in [5.74, 6) is -1.41. The van der Waals surface area contributed by atoms with Crippen LogP contribution in [-0.4, -0.2) is 5.78 Å². The minimum atomic E-state index is -0.696. The van der Waals surface area contributed by atoms with Crippen LogP contribution in [-0.2, 0) is 4.79 Å². The number of carbonyl (C=O) groups excluding carboxylic acids is 1. The van der Waals surface area contributed by atoms with E-state index in [0.717, 1.165) is 12.1 Å². The van der Waals surface area contributed by atoms with E-state index in [1.165, 1.54) is 18.3 Å². The zero-order valence-corrected chi connectivity index (χ0v) is 10.1. The number of ketones is 1. The van der Waals surface area contributed by atoms with Crippen molar-refractivity contribution in [2.24, 2.45) is 5.41 Å². The second-order valence-electron chi connectivity index (χ2n) is 4.72. The molecule has 0 radical (unpaired) electrons. The van der Waals surface area contributed by atoms with Gasteiger partial charge in [-0.15, -0.1) is 0 Å². The molecule has 0 heterocycles. The Hall–Kier alpha value is -1.71. The number of anilines is 1. The Morgan fingerprint density at radius 2 is 1.94 bits per heavy atom. The van der Waals surface area contributed by atoms with Gasteiger partial charge in [-0.25, -0.2) is 8.78 Å². The molecule has 0 aromatic heterocycles. The van der Waals surface area contributed by atoms with Crippen LogP contribution in [0.25, 0.3) is 0 Å². The van der Waals surface area contributed by atoms with Gasteiger partial charge in [-0.05, 0) is 18.2 Å². The Morgan fingerprint density at radius 3 is 2.47 bits per heavy atom. The minimum Gasteiger partial charge on any atom is -0.359 e. The minimum absolute atomic E-state index is 0.0764. The molecule has 0 aliphatic carbocycles. The van der Waals surface area contributed by atoms with E-state index in [1.54, 1.807) is 20.8 Å². The number of nitrogens with one attached hydrogen (secondary N) is 1. The number of halogens is 2. The van der Waals surface area contributed by atoms with Gasteiger partial charge in [0.05, 0.1) is 5.69 Å². The molecule has 0 saturated heterocycles. The summed E-state index contributed by atoms with van der Waals surface area (Å²) in [6.45, 7) is 5.37. The van der Waals surface area contributed by atoms with E-state index >= 15 is 0 Å². The number of hydrogen-bond donors (Lipinski definition) is 1. The molecule has 17 heavy (non-hydrogen) atoms. The maximum Gasteiger partial charge on any atom is 0.162 e. The largest absolute Gasteiger partial charge is 0.359 e. The van der Waals surface area contributed by atoms with E-state index in [0.29, 0.717) is 0 Å². The Bertz CT molecular complexity index is 447. The molecule has 1 aromatic rings. The standard InChI is InChI=1S/C13H15F2NO/c1-13(2,3)12(17)6-7-16-11-5-4-9(14)8-10(11)15/h4-8,16H,1-3H3/b7-6+. The number of carbonyl (C=O) groups is 1. The van der Waals surface area contributed by atoms with Crippen LogP contribution in [0, 0.1) is 17.0 Å². The zero-order valence-electron chi connectivity index (χ0n) is 10.1. The first-order valence-corrected chi connectivity index (χ1v) is 5.23. The molecule has 0 spiro atoms. The van der Waals surface area contributed by atoms with E-state index in [2.05, 4.69) is 5.32 Å². The molecule has 0 atom stereocenters. The number of rotatable bonds is 3. The normalized spacial score (nSPS) is 11.8. The lowest BCUT2D eigenvalue weighted by Gasteiger charge is -2.13. The van der Waals surface area contributed by atoms with Crippen LogP contribution in [0.15, 0.2) is 30.5 Å². The van der Waals surface area contributed by atoms with Crippen molar-refractivity contribution >= 4 is 11.5 Å². The summed E-state index contributed by atoms with van der Waals surface area (Å²) in [7, 11) is 0. The summed E-state index contributed by atoms with van der Waals surface area (Å²) < 4.78 is 25.8. The van der Waals surface area contributed by atoms with Gasteiger partial charge in [0.15, 0.2) is 5.78 Å². The second-order valence-corrected chi connectivity index (χ2v) is 4.72. The van der Waals surface area contributed by atoms with Gasteiger partial charge in [0.1, 0.15) is 11.6 Å². The Morgan fingerprint density at radius 1 is 1.29 bits per heavy atom. The average Bonchev–Trinajstić information content (AvgIpc) is 2.19. The van der Waals surface area contributed by atoms with Gasteiger partial charge in [-0.2, -0.15) is 0 Å². The van der Waals surface area contributed by atoms with Crippen molar-refractivity contribution in [1.82, 2.24) is 0 Å². The summed E-state index contributed by atoms with van der Waals surface area (Å²) in [6, 6.07) is 3.20. The van der Waals surface area contributed by atoms with Gasteiger partial charge < -0.3 is 5.32 Å². The molecule has 0 saturated carbocycles. The lowest BCUT2D eigenvalue weighted by Crippen LogP contribution is -2.17. The Balaban J connectivity index is 2.68. The number of hydrogen-bond acceptors (Lipinski definition) is 2. The zero-order chi connectivity index (χ0) is 13.1. The predicted octanol–water partition coefficient (Wildman–Crippen LogP) is 3.51. The molecular weight excluding hydrogens is 224 g/mol. The van der Waals surface area contributed by atoms with Crippen LogP contribution in [0.3, 0.4) is 0 Å². The van der Waals surface area contributed by atoms with Crippen LogP contribution in [0.1, 0.15) is 20.8 Å². The molecule has 0 unspecified atom stereocenters. The van der Waals surface area contributed by atoms with Crippen molar-refractivity contribution in [3.8, 4) is 0 Å². The summed E-state index contributed by atoms with van der Waals surface area (Å²) >= 11 is 0. The van der Waals surface area contributed by atoms with Crippen LogP contribution in [0.2, 0.25) is 0 Å². The van der Waals surface area contributed by atoms with E-state index < -0.39 is 17.0 Å². The predicted molar refractivity (Wildman–Crippen MR) is 63.6 cm³/mol. The highest BCUT2D eigenvalue weighted by Gasteiger charge is 2.17. The second kappa shape index (κ2) is 5.08. The maximum atomic E-state index is 13.2. The van der Waals surface area contributed by atoms with Gasteiger partial charge in [-0.3, -0.25) is 4.79 Å². The lowest BCUT2D eigenvalue weighted by molar-refractivity contribution is -0.121. The maximum absolute atomic E-state index is 13.2. The molecular formula is C13H15F2NO. The SMILES string of the molecule is CC(C)(C)C(=O)/C=C/Nc1ccc(F)cc1F. The van der Waals surface area contributed by atoms with Gasteiger partial charge in [0, 0.05) is 17.7 Å². The quantitative estimate of drug-likeness (QED) is 0.818. The summed E-state index contributed by atoms with van der Waals surface area (Å²) in [5, 5.41) is 2.60. The third kappa shape index (κ3) is 3.98. The summed E-state index contributed by atoms with van der Waals surface area (Å²) in [4.78, 5) is 11.5. The van der Waals surface area contributed by atoms with Gasteiger partial charge in [-0.1, -0.05) is 20.8 Å². The molecule has 0 aliphatic heterocycles. The van der Waals surface area contributed by atoms with Crippen LogP contribution < -0.4 is 5.32 Å².